The Morgan fingerprint density at radius 1 is 1.32 bits per heavy atom. The number of pyridine rings is 1. The van der Waals surface area contributed by atoms with E-state index in [4.69, 9.17) is 0 Å². The van der Waals surface area contributed by atoms with Crippen LogP contribution in [0.2, 0.25) is 0 Å². The number of carbonyl (C=O) groups is 1. The van der Waals surface area contributed by atoms with E-state index in [0.29, 0.717) is 23.4 Å². The number of esters is 1. The smallest absolute Gasteiger partial charge is 0.356 e. The van der Waals surface area contributed by atoms with Crippen LogP contribution in [-0.4, -0.2) is 24.6 Å². The van der Waals surface area contributed by atoms with Gasteiger partial charge in [0.2, 0.25) is 0 Å². The Hall–Kier alpha value is -1.58. The number of aromatic nitrogens is 1. The van der Waals surface area contributed by atoms with E-state index in [1.54, 1.807) is 12.3 Å². The molecule has 1 aromatic rings. The summed E-state index contributed by atoms with van der Waals surface area (Å²) in [4.78, 5) is 15.4. The molecule has 0 aliphatic heterocycles. The number of rotatable bonds is 6. The summed E-state index contributed by atoms with van der Waals surface area (Å²) in [6.07, 6.45) is 1.62. The summed E-state index contributed by atoms with van der Waals surface area (Å²) in [6, 6.07) is 3.59. The van der Waals surface area contributed by atoms with Crippen molar-refractivity contribution >= 4 is 11.7 Å². The van der Waals surface area contributed by atoms with Gasteiger partial charge in [-0.1, -0.05) is 27.7 Å². The molecule has 1 N–H and O–H groups in total. The zero-order valence-corrected chi connectivity index (χ0v) is 12.4. The Kier molecular flexibility index (Phi) is 5.80. The Balaban J connectivity index is 2.69. The van der Waals surface area contributed by atoms with Gasteiger partial charge in [-0.25, -0.2) is 9.78 Å². The number of nitrogens with one attached hydrogen (secondary N) is 1. The van der Waals surface area contributed by atoms with Gasteiger partial charge in [0.15, 0.2) is 0 Å². The molecule has 0 bridgehead atoms. The molecule has 0 fully saturated rings. The molecule has 0 spiro atoms. The van der Waals surface area contributed by atoms with Crippen molar-refractivity contribution in [1.29, 1.82) is 0 Å². The molecule has 19 heavy (non-hydrogen) atoms. The topological polar surface area (TPSA) is 51.2 Å². The fourth-order valence-electron chi connectivity index (χ4n) is 2.23. The molecule has 0 saturated carbocycles. The van der Waals surface area contributed by atoms with Crippen molar-refractivity contribution in [2.24, 2.45) is 17.8 Å². The molecule has 4 heteroatoms. The van der Waals surface area contributed by atoms with Crippen molar-refractivity contribution in [2.45, 2.75) is 27.7 Å². The summed E-state index contributed by atoms with van der Waals surface area (Å²) in [5.74, 6) is 1.42. The average molecular weight is 264 g/mol. The Labute approximate surface area is 115 Å². The summed E-state index contributed by atoms with van der Waals surface area (Å²) >= 11 is 0. The summed E-state index contributed by atoms with van der Waals surface area (Å²) in [6.45, 7) is 9.83. The van der Waals surface area contributed by atoms with E-state index in [0.717, 1.165) is 12.2 Å². The molecule has 0 saturated heterocycles. The van der Waals surface area contributed by atoms with Crippen molar-refractivity contribution in [3.63, 3.8) is 0 Å². The lowest BCUT2D eigenvalue weighted by atomic mass is 9.85. The monoisotopic (exact) mass is 264 g/mol. The highest BCUT2D eigenvalue weighted by molar-refractivity contribution is 5.88. The van der Waals surface area contributed by atoms with Gasteiger partial charge in [-0.15, -0.1) is 0 Å². The van der Waals surface area contributed by atoms with Gasteiger partial charge in [-0.05, 0) is 29.9 Å². The van der Waals surface area contributed by atoms with Crippen molar-refractivity contribution in [3.8, 4) is 0 Å². The Morgan fingerprint density at radius 3 is 2.47 bits per heavy atom. The van der Waals surface area contributed by atoms with Crippen LogP contribution in [0.15, 0.2) is 18.3 Å². The fraction of sp³-hybridized carbons (Fsp3) is 0.600. The average Bonchev–Trinajstić information content (AvgIpc) is 2.37. The molecular formula is C15H24N2O2. The van der Waals surface area contributed by atoms with Crippen LogP contribution >= 0.6 is 0 Å². The van der Waals surface area contributed by atoms with Crippen LogP contribution in [0.25, 0.3) is 0 Å². The summed E-state index contributed by atoms with van der Waals surface area (Å²) in [7, 11) is 1.36. The molecule has 1 heterocycles. The Morgan fingerprint density at radius 2 is 1.95 bits per heavy atom. The number of carbonyl (C=O) groups excluding carboxylic acids is 1. The minimum atomic E-state index is -0.409. The van der Waals surface area contributed by atoms with E-state index >= 15 is 0 Å². The van der Waals surface area contributed by atoms with Crippen LogP contribution in [-0.2, 0) is 4.74 Å². The van der Waals surface area contributed by atoms with Gasteiger partial charge >= 0.3 is 5.97 Å². The fourth-order valence-corrected chi connectivity index (χ4v) is 2.23. The molecule has 106 valence electrons. The highest BCUT2D eigenvalue weighted by atomic mass is 16.5. The van der Waals surface area contributed by atoms with Crippen LogP contribution in [0.5, 0.6) is 0 Å². The molecule has 0 radical (unpaired) electrons. The third-order valence-corrected chi connectivity index (χ3v) is 3.41. The molecule has 0 aliphatic rings. The quantitative estimate of drug-likeness (QED) is 0.802. The normalized spacial score (nSPS) is 11.2. The lowest BCUT2D eigenvalue weighted by Crippen LogP contribution is -2.24. The second kappa shape index (κ2) is 7.12. The third-order valence-electron chi connectivity index (χ3n) is 3.41. The van der Waals surface area contributed by atoms with Gasteiger partial charge in [0.1, 0.15) is 5.69 Å². The van der Waals surface area contributed by atoms with Crippen LogP contribution in [0.4, 0.5) is 5.69 Å². The van der Waals surface area contributed by atoms with E-state index in [2.05, 4.69) is 42.7 Å². The number of nitrogens with zero attached hydrogens (tertiary/aromatic N) is 1. The molecule has 0 unspecified atom stereocenters. The van der Waals surface area contributed by atoms with Crippen LogP contribution in [0.1, 0.15) is 38.2 Å². The second-order valence-corrected chi connectivity index (χ2v) is 5.45. The molecule has 1 rings (SSSR count). The summed E-state index contributed by atoms with van der Waals surface area (Å²) in [5.41, 5.74) is 1.24. The van der Waals surface area contributed by atoms with Crippen LogP contribution < -0.4 is 5.32 Å². The van der Waals surface area contributed by atoms with E-state index in [9.17, 15) is 4.79 Å². The standard InChI is InChI=1S/C15H24N2O2/c1-10(2)13(11(3)4)9-17-12-6-7-16-14(8-12)15(18)19-5/h6-8,10-11,13H,9H2,1-5H3,(H,16,17). The highest BCUT2D eigenvalue weighted by Crippen LogP contribution is 2.21. The van der Waals surface area contributed by atoms with Gasteiger partial charge in [0.05, 0.1) is 7.11 Å². The number of methoxy groups -OCH3 is 1. The first kappa shape index (κ1) is 15.5. The first-order valence-electron chi connectivity index (χ1n) is 6.74. The van der Waals surface area contributed by atoms with Gasteiger partial charge in [0, 0.05) is 18.4 Å². The first-order valence-corrected chi connectivity index (χ1v) is 6.74. The zero-order valence-electron chi connectivity index (χ0n) is 12.4. The molecule has 4 nitrogen and oxygen atoms in total. The first-order chi connectivity index (χ1) is 8.95. The maximum atomic E-state index is 11.4. The number of hydrogen-bond acceptors (Lipinski definition) is 4. The van der Waals surface area contributed by atoms with Gasteiger partial charge < -0.3 is 10.1 Å². The molecule has 1 aromatic heterocycles. The maximum absolute atomic E-state index is 11.4. The van der Waals surface area contributed by atoms with Gasteiger partial charge in [-0.3, -0.25) is 0 Å². The SMILES string of the molecule is COC(=O)c1cc(NCC(C(C)C)C(C)C)ccn1. The van der Waals surface area contributed by atoms with Crippen molar-refractivity contribution in [1.82, 2.24) is 4.98 Å². The molecule has 0 aromatic carbocycles. The van der Waals surface area contributed by atoms with E-state index in [1.165, 1.54) is 7.11 Å². The third kappa shape index (κ3) is 4.54. The lowest BCUT2D eigenvalue weighted by Gasteiger charge is -2.25. The largest absolute Gasteiger partial charge is 0.464 e. The van der Waals surface area contributed by atoms with E-state index in [-0.39, 0.29) is 0 Å². The van der Waals surface area contributed by atoms with Crippen molar-refractivity contribution < 1.29 is 9.53 Å². The predicted octanol–water partition coefficient (Wildman–Crippen LogP) is 3.21. The van der Waals surface area contributed by atoms with E-state index < -0.39 is 5.97 Å². The minimum absolute atomic E-state index is 0.332. The molecule has 0 amide bonds. The molecule has 0 atom stereocenters. The maximum Gasteiger partial charge on any atom is 0.356 e. The minimum Gasteiger partial charge on any atom is -0.464 e. The van der Waals surface area contributed by atoms with Crippen LogP contribution in [0.3, 0.4) is 0 Å². The van der Waals surface area contributed by atoms with Crippen LogP contribution in [0, 0.1) is 17.8 Å². The van der Waals surface area contributed by atoms with Crippen molar-refractivity contribution in [2.75, 3.05) is 19.0 Å². The molecular weight excluding hydrogens is 240 g/mol. The number of ether oxygens (including phenoxy) is 1. The van der Waals surface area contributed by atoms with E-state index in [1.807, 2.05) is 6.07 Å². The number of hydrogen-bond donors (Lipinski definition) is 1. The molecule has 0 aliphatic carbocycles. The lowest BCUT2D eigenvalue weighted by molar-refractivity contribution is 0.0594. The van der Waals surface area contributed by atoms with Gasteiger partial charge in [-0.2, -0.15) is 0 Å². The second-order valence-electron chi connectivity index (χ2n) is 5.45. The predicted molar refractivity (Wildman–Crippen MR) is 77.2 cm³/mol. The summed E-state index contributed by atoms with van der Waals surface area (Å²) < 4.78 is 4.66. The highest BCUT2D eigenvalue weighted by Gasteiger charge is 2.17. The Bertz CT molecular complexity index is 408. The zero-order chi connectivity index (χ0) is 14.4. The van der Waals surface area contributed by atoms with Crippen molar-refractivity contribution in [3.05, 3.63) is 24.0 Å². The summed E-state index contributed by atoms with van der Waals surface area (Å²) in [5, 5.41) is 3.38. The number of anilines is 1. The van der Waals surface area contributed by atoms with Gasteiger partial charge in [0.25, 0.3) is 0 Å².